The van der Waals surface area contributed by atoms with Crippen molar-refractivity contribution in [2.75, 3.05) is 11.9 Å². The second kappa shape index (κ2) is 5.30. The van der Waals surface area contributed by atoms with E-state index in [1.165, 1.54) is 6.07 Å². The molecule has 0 aliphatic heterocycles. The number of carboxylic acid groups (broad SMARTS) is 1. The monoisotopic (exact) mass is 279 g/mol. The number of halogens is 4. The van der Waals surface area contributed by atoms with E-state index in [9.17, 15) is 18.0 Å². The normalized spacial score (nSPS) is 11.1. The molecule has 0 aromatic heterocycles. The molecule has 0 saturated carbocycles. The number of carbonyl (C=O) groups is 1. The van der Waals surface area contributed by atoms with Gasteiger partial charge in [0, 0.05) is 17.8 Å². The third-order valence-electron chi connectivity index (χ3n) is 2.08. The number of aliphatic carboxylic acids is 1. The Hall–Kier alpha value is -1.69. The molecule has 0 heterocycles. The van der Waals surface area contributed by atoms with Crippen LogP contribution in [0.3, 0.4) is 0 Å². The Balaban J connectivity index is 2.86. The van der Waals surface area contributed by atoms with Gasteiger partial charge < -0.3 is 10.4 Å². The van der Waals surface area contributed by atoms with E-state index >= 15 is 0 Å². The molecule has 0 saturated heterocycles. The van der Waals surface area contributed by atoms with Crippen molar-refractivity contribution in [1.82, 2.24) is 0 Å². The van der Waals surface area contributed by atoms with Crippen molar-refractivity contribution in [2.45, 2.75) is 6.18 Å². The molecule has 3 nitrogen and oxygen atoms in total. The summed E-state index contributed by atoms with van der Waals surface area (Å²) in [5.74, 6) is -1.22. The highest BCUT2D eigenvalue weighted by Crippen LogP contribution is 2.36. The van der Waals surface area contributed by atoms with Gasteiger partial charge in [0.1, 0.15) is 0 Å². The molecular formula is C11H9ClF3NO2. The van der Waals surface area contributed by atoms with Crippen LogP contribution in [0.4, 0.5) is 18.9 Å². The maximum absolute atomic E-state index is 12.5. The van der Waals surface area contributed by atoms with E-state index in [2.05, 4.69) is 11.9 Å². The minimum absolute atomic E-state index is 0.120. The minimum atomic E-state index is -4.56. The number of hydrogen-bond acceptors (Lipinski definition) is 2. The Bertz CT molecular complexity index is 486. The van der Waals surface area contributed by atoms with Gasteiger partial charge >= 0.3 is 12.1 Å². The number of benzene rings is 1. The molecular weight excluding hydrogens is 271 g/mol. The number of carboxylic acids is 1. The Morgan fingerprint density at radius 2 is 2.06 bits per heavy atom. The fraction of sp³-hybridized carbons (Fsp3) is 0.182. The molecule has 18 heavy (non-hydrogen) atoms. The SMILES string of the molecule is C=C(CNc1ccc(Cl)c(C(F)(F)F)c1)C(=O)O. The summed E-state index contributed by atoms with van der Waals surface area (Å²) in [6.45, 7) is 3.09. The third-order valence-corrected chi connectivity index (χ3v) is 2.41. The van der Waals surface area contributed by atoms with Gasteiger partial charge in [0.05, 0.1) is 10.6 Å². The molecule has 1 aromatic carbocycles. The van der Waals surface area contributed by atoms with Crippen molar-refractivity contribution in [2.24, 2.45) is 0 Å². The van der Waals surface area contributed by atoms with Crippen LogP contribution in [-0.2, 0) is 11.0 Å². The lowest BCUT2D eigenvalue weighted by Gasteiger charge is -2.12. The molecule has 0 radical (unpaired) electrons. The summed E-state index contributed by atoms with van der Waals surface area (Å²) < 4.78 is 37.6. The summed E-state index contributed by atoms with van der Waals surface area (Å²) in [7, 11) is 0. The first kappa shape index (κ1) is 14.4. The zero-order valence-corrected chi connectivity index (χ0v) is 9.77. The zero-order valence-electron chi connectivity index (χ0n) is 9.01. The number of rotatable bonds is 4. The second-order valence-electron chi connectivity index (χ2n) is 3.45. The van der Waals surface area contributed by atoms with Crippen molar-refractivity contribution in [3.05, 3.63) is 40.9 Å². The Labute approximate surface area is 106 Å². The van der Waals surface area contributed by atoms with Gasteiger partial charge in [0.25, 0.3) is 0 Å². The largest absolute Gasteiger partial charge is 0.478 e. The lowest BCUT2D eigenvalue weighted by Crippen LogP contribution is -2.12. The van der Waals surface area contributed by atoms with E-state index in [0.29, 0.717) is 0 Å². The van der Waals surface area contributed by atoms with Gasteiger partial charge in [-0.05, 0) is 18.2 Å². The van der Waals surface area contributed by atoms with Gasteiger partial charge in [-0.1, -0.05) is 18.2 Å². The van der Waals surface area contributed by atoms with Crippen LogP contribution < -0.4 is 5.32 Å². The van der Waals surface area contributed by atoms with E-state index in [0.717, 1.165) is 12.1 Å². The molecule has 0 unspecified atom stereocenters. The summed E-state index contributed by atoms with van der Waals surface area (Å²) >= 11 is 5.43. The van der Waals surface area contributed by atoms with Gasteiger partial charge in [-0.2, -0.15) is 13.2 Å². The first-order chi connectivity index (χ1) is 8.21. The van der Waals surface area contributed by atoms with Crippen molar-refractivity contribution >= 4 is 23.3 Å². The predicted octanol–water partition coefficient (Wildman–Crippen LogP) is 3.41. The fourth-order valence-electron chi connectivity index (χ4n) is 1.14. The fourth-order valence-corrected chi connectivity index (χ4v) is 1.36. The summed E-state index contributed by atoms with van der Waals surface area (Å²) in [5.41, 5.74) is -1.01. The highest BCUT2D eigenvalue weighted by molar-refractivity contribution is 6.31. The summed E-state index contributed by atoms with van der Waals surface area (Å²) in [6.07, 6.45) is -4.56. The second-order valence-corrected chi connectivity index (χ2v) is 3.86. The average molecular weight is 280 g/mol. The lowest BCUT2D eigenvalue weighted by atomic mass is 10.2. The minimum Gasteiger partial charge on any atom is -0.478 e. The van der Waals surface area contributed by atoms with Gasteiger partial charge in [-0.3, -0.25) is 0 Å². The smallest absolute Gasteiger partial charge is 0.417 e. The molecule has 0 aliphatic rings. The molecule has 2 N–H and O–H groups in total. The summed E-state index contributed by atoms with van der Waals surface area (Å²) in [4.78, 5) is 10.5. The van der Waals surface area contributed by atoms with Crippen LogP contribution in [0.25, 0.3) is 0 Å². The highest BCUT2D eigenvalue weighted by Gasteiger charge is 2.33. The van der Waals surface area contributed by atoms with E-state index in [-0.39, 0.29) is 17.8 Å². The van der Waals surface area contributed by atoms with Crippen LogP contribution in [0.2, 0.25) is 5.02 Å². The first-order valence-corrected chi connectivity index (χ1v) is 5.11. The predicted molar refractivity (Wildman–Crippen MR) is 61.7 cm³/mol. The number of hydrogen-bond donors (Lipinski definition) is 2. The van der Waals surface area contributed by atoms with Gasteiger partial charge in [0.15, 0.2) is 0 Å². The van der Waals surface area contributed by atoms with E-state index in [1.54, 1.807) is 0 Å². The Kier molecular flexibility index (Phi) is 4.24. The van der Waals surface area contributed by atoms with Gasteiger partial charge in [-0.15, -0.1) is 0 Å². The van der Waals surface area contributed by atoms with Gasteiger partial charge in [-0.25, -0.2) is 4.79 Å². The Morgan fingerprint density at radius 3 is 2.56 bits per heavy atom. The molecule has 0 bridgehead atoms. The molecule has 7 heteroatoms. The maximum atomic E-state index is 12.5. The van der Waals surface area contributed by atoms with Crippen molar-refractivity contribution in [3.63, 3.8) is 0 Å². The van der Waals surface area contributed by atoms with Crippen molar-refractivity contribution < 1.29 is 23.1 Å². The first-order valence-electron chi connectivity index (χ1n) is 4.73. The molecule has 0 fully saturated rings. The zero-order chi connectivity index (χ0) is 13.9. The molecule has 1 aromatic rings. The third kappa shape index (κ3) is 3.66. The van der Waals surface area contributed by atoms with Gasteiger partial charge in [0.2, 0.25) is 0 Å². The molecule has 1 rings (SSSR count). The van der Waals surface area contributed by atoms with Crippen LogP contribution in [0.15, 0.2) is 30.4 Å². The standard InChI is InChI=1S/C11H9ClF3NO2/c1-6(10(17)18)5-16-7-2-3-9(12)8(4-7)11(13,14)15/h2-4,16H,1,5H2,(H,17,18). The van der Waals surface area contributed by atoms with E-state index in [4.69, 9.17) is 16.7 Å². The van der Waals surface area contributed by atoms with E-state index < -0.39 is 22.7 Å². The summed E-state index contributed by atoms with van der Waals surface area (Å²) in [6, 6.07) is 3.24. The number of alkyl halides is 3. The number of anilines is 1. The number of nitrogens with one attached hydrogen (secondary N) is 1. The molecule has 0 atom stereocenters. The average Bonchev–Trinajstić information content (AvgIpc) is 2.25. The molecule has 0 spiro atoms. The van der Waals surface area contributed by atoms with Crippen LogP contribution in [-0.4, -0.2) is 17.6 Å². The van der Waals surface area contributed by atoms with Crippen LogP contribution in [0, 0.1) is 0 Å². The van der Waals surface area contributed by atoms with Crippen LogP contribution in [0.1, 0.15) is 5.56 Å². The summed E-state index contributed by atoms with van der Waals surface area (Å²) in [5, 5.41) is 10.7. The Morgan fingerprint density at radius 1 is 1.44 bits per heavy atom. The topological polar surface area (TPSA) is 49.3 Å². The van der Waals surface area contributed by atoms with Crippen LogP contribution >= 0.6 is 11.6 Å². The van der Waals surface area contributed by atoms with Crippen molar-refractivity contribution in [3.8, 4) is 0 Å². The molecule has 98 valence electrons. The highest BCUT2D eigenvalue weighted by atomic mass is 35.5. The molecule has 0 aliphatic carbocycles. The van der Waals surface area contributed by atoms with E-state index in [1.807, 2.05) is 0 Å². The molecule has 0 amide bonds. The maximum Gasteiger partial charge on any atom is 0.417 e. The lowest BCUT2D eigenvalue weighted by molar-refractivity contribution is -0.137. The van der Waals surface area contributed by atoms with Crippen molar-refractivity contribution in [1.29, 1.82) is 0 Å². The quantitative estimate of drug-likeness (QED) is 0.831. The van der Waals surface area contributed by atoms with Crippen LogP contribution in [0.5, 0.6) is 0 Å².